The highest BCUT2D eigenvalue weighted by Crippen LogP contribution is 2.43. The fourth-order valence-electron chi connectivity index (χ4n) is 3.20. The molecule has 204 valence electrons. The highest BCUT2D eigenvalue weighted by atomic mass is 31.2. The van der Waals surface area contributed by atoms with Gasteiger partial charge in [0.25, 0.3) is 0 Å². The minimum atomic E-state index is -4.19. The van der Waals surface area contributed by atoms with Crippen LogP contribution >= 0.6 is 7.82 Å². The molecular formula is C25H53NO7P+. The molecule has 34 heavy (non-hydrogen) atoms. The lowest BCUT2D eigenvalue weighted by molar-refractivity contribution is -0.870. The number of likely N-dealkylation sites (N-methyl/N-ethyl adjacent to an activating group) is 1. The third-order valence-electron chi connectivity index (χ3n) is 5.43. The molecule has 0 heterocycles. The lowest BCUT2D eigenvalue weighted by Gasteiger charge is -2.24. The Balaban J connectivity index is 3.80. The van der Waals surface area contributed by atoms with Crippen LogP contribution in [0.25, 0.3) is 0 Å². The summed E-state index contributed by atoms with van der Waals surface area (Å²) < 4.78 is 33.1. The van der Waals surface area contributed by atoms with E-state index in [4.69, 9.17) is 18.5 Å². The minimum Gasteiger partial charge on any atom is -0.388 e. The second-order valence-electron chi connectivity index (χ2n) is 9.98. The highest BCUT2D eigenvalue weighted by molar-refractivity contribution is 7.47. The van der Waals surface area contributed by atoms with Gasteiger partial charge in [-0.3, -0.25) is 9.05 Å². The molecular weight excluding hydrogens is 457 g/mol. The van der Waals surface area contributed by atoms with E-state index in [2.05, 4.69) is 19.1 Å². The zero-order valence-corrected chi connectivity index (χ0v) is 23.3. The van der Waals surface area contributed by atoms with Crippen molar-refractivity contribution in [1.82, 2.24) is 0 Å². The number of nitrogens with zero attached hydrogens (tertiary/aromatic N) is 1. The number of phosphoric ester groups is 1. The fourth-order valence-corrected chi connectivity index (χ4v) is 3.95. The van der Waals surface area contributed by atoms with Gasteiger partial charge in [0, 0.05) is 7.11 Å². The summed E-state index contributed by atoms with van der Waals surface area (Å²) in [5.41, 5.74) is 0. The molecule has 0 amide bonds. The van der Waals surface area contributed by atoms with Crippen molar-refractivity contribution >= 4 is 7.82 Å². The summed E-state index contributed by atoms with van der Waals surface area (Å²) >= 11 is 0. The Morgan fingerprint density at radius 1 is 0.882 bits per heavy atom. The van der Waals surface area contributed by atoms with Gasteiger partial charge in [-0.25, -0.2) is 4.57 Å². The molecule has 0 aliphatic rings. The number of aliphatic hydroxyl groups is 1. The summed E-state index contributed by atoms with van der Waals surface area (Å²) in [4.78, 5) is 9.68. The van der Waals surface area contributed by atoms with E-state index in [0.29, 0.717) is 17.6 Å². The van der Waals surface area contributed by atoms with Crippen LogP contribution in [0.3, 0.4) is 0 Å². The molecule has 9 heteroatoms. The molecule has 0 aromatic heterocycles. The second kappa shape index (κ2) is 20.8. The molecule has 8 nitrogen and oxygen atoms in total. The number of hydrogen-bond donors (Lipinski definition) is 2. The Hall–Kier alpha value is -0.310. The maximum absolute atomic E-state index is 11.9. The average molecular weight is 511 g/mol. The van der Waals surface area contributed by atoms with Gasteiger partial charge in [0.15, 0.2) is 0 Å². The highest BCUT2D eigenvalue weighted by Gasteiger charge is 2.24. The molecule has 0 saturated carbocycles. The Morgan fingerprint density at radius 2 is 1.50 bits per heavy atom. The van der Waals surface area contributed by atoms with E-state index in [1.54, 1.807) is 7.11 Å². The predicted octanol–water partition coefficient (Wildman–Crippen LogP) is 5.09. The number of quaternary nitrogens is 1. The maximum Gasteiger partial charge on any atom is 0.472 e. The van der Waals surface area contributed by atoms with E-state index in [9.17, 15) is 14.6 Å². The van der Waals surface area contributed by atoms with Crippen LogP contribution in [0.2, 0.25) is 0 Å². The second-order valence-corrected chi connectivity index (χ2v) is 11.4. The average Bonchev–Trinajstić information content (AvgIpc) is 2.76. The Bertz CT molecular complexity index is 540. The number of rotatable bonds is 24. The molecule has 0 spiro atoms. The van der Waals surface area contributed by atoms with Gasteiger partial charge in [-0.2, -0.15) is 0 Å². The summed E-state index contributed by atoms with van der Waals surface area (Å²) in [7, 11) is 3.31. The number of unbranched alkanes of at least 4 members (excludes halogenated alkanes) is 9. The van der Waals surface area contributed by atoms with E-state index in [-0.39, 0.29) is 25.9 Å². The van der Waals surface area contributed by atoms with E-state index in [1.165, 1.54) is 57.8 Å². The lowest BCUT2D eigenvalue weighted by Crippen LogP contribution is -2.37. The Morgan fingerprint density at radius 3 is 2.09 bits per heavy atom. The van der Waals surface area contributed by atoms with Gasteiger partial charge in [-0.1, -0.05) is 70.4 Å². The Labute approximate surface area is 208 Å². The first-order valence-electron chi connectivity index (χ1n) is 13.0. The summed E-state index contributed by atoms with van der Waals surface area (Å²) in [5.74, 6) is 0. The van der Waals surface area contributed by atoms with Crippen LogP contribution in [-0.2, 0) is 23.1 Å². The van der Waals surface area contributed by atoms with Crippen LogP contribution in [0.5, 0.6) is 0 Å². The van der Waals surface area contributed by atoms with E-state index < -0.39 is 13.9 Å². The number of aliphatic hydroxyl groups excluding tert-OH is 1. The summed E-state index contributed by atoms with van der Waals surface area (Å²) in [6.07, 6.45) is 17.0. The zero-order chi connectivity index (χ0) is 25.7. The number of methoxy groups -OCH3 is 1. The molecule has 0 saturated heterocycles. The van der Waals surface area contributed by atoms with Crippen molar-refractivity contribution in [2.75, 3.05) is 61.2 Å². The van der Waals surface area contributed by atoms with Gasteiger partial charge in [0.2, 0.25) is 0 Å². The normalized spacial score (nSPS) is 16.1. The zero-order valence-electron chi connectivity index (χ0n) is 22.5. The summed E-state index contributed by atoms with van der Waals surface area (Å²) in [6.45, 7) is 2.88. The van der Waals surface area contributed by atoms with Crippen LogP contribution in [-0.4, -0.2) is 87.9 Å². The molecule has 0 aromatic rings. The van der Waals surface area contributed by atoms with Crippen molar-refractivity contribution in [2.45, 2.75) is 89.8 Å². The molecule has 0 aliphatic heterocycles. The molecule has 0 radical (unpaired) electrons. The van der Waals surface area contributed by atoms with Gasteiger partial charge in [0.1, 0.15) is 19.3 Å². The van der Waals surface area contributed by atoms with Crippen LogP contribution in [0.15, 0.2) is 12.2 Å². The summed E-state index contributed by atoms with van der Waals surface area (Å²) in [6, 6.07) is 0. The smallest absolute Gasteiger partial charge is 0.388 e. The topological polar surface area (TPSA) is 94.5 Å². The van der Waals surface area contributed by atoms with Crippen molar-refractivity contribution in [3.05, 3.63) is 12.2 Å². The third kappa shape index (κ3) is 23.4. The lowest BCUT2D eigenvalue weighted by atomic mass is 10.1. The first-order valence-corrected chi connectivity index (χ1v) is 14.4. The molecule has 0 aromatic carbocycles. The van der Waals surface area contributed by atoms with Crippen molar-refractivity contribution < 1.29 is 37.6 Å². The fraction of sp³-hybridized carbons (Fsp3) is 0.920. The molecule has 2 N–H and O–H groups in total. The number of hydrogen-bond acceptors (Lipinski definition) is 6. The van der Waals surface area contributed by atoms with Crippen molar-refractivity contribution in [3.8, 4) is 0 Å². The van der Waals surface area contributed by atoms with Crippen molar-refractivity contribution in [1.29, 1.82) is 0 Å². The molecule has 0 fully saturated rings. The van der Waals surface area contributed by atoms with Gasteiger partial charge < -0.3 is 24.0 Å². The van der Waals surface area contributed by atoms with Gasteiger partial charge in [-0.15, -0.1) is 0 Å². The van der Waals surface area contributed by atoms with E-state index >= 15 is 0 Å². The number of phosphoric acid groups is 1. The number of ether oxygens (including phenoxy) is 2. The van der Waals surface area contributed by atoms with Gasteiger partial charge in [-0.05, 0) is 19.3 Å². The molecule has 0 aliphatic carbocycles. The SMILES string of the molecule is CCCCCCCCCCC/C=C\CC(COC[C@@H](O)COP(=O)(O)OCC[N+](C)(C)C)OC. The van der Waals surface area contributed by atoms with Crippen LogP contribution in [0.4, 0.5) is 0 Å². The van der Waals surface area contributed by atoms with Gasteiger partial charge >= 0.3 is 7.82 Å². The largest absolute Gasteiger partial charge is 0.472 e. The molecule has 3 atom stereocenters. The van der Waals surface area contributed by atoms with Crippen molar-refractivity contribution in [2.24, 2.45) is 0 Å². The molecule has 2 unspecified atom stereocenters. The van der Waals surface area contributed by atoms with E-state index in [0.717, 1.165) is 12.8 Å². The number of allylic oxidation sites excluding steroid dienone is 1. The first kappa shape index (κ1) is 33.7. The van der Waals surface area contributed by atoms with Crippen LogP contribution in [0, 0.1) is 0 Å². The van der Waals surface area contributed by atoms with Crippen LogP contribution in [0.1, 0.15) is 77.6 Å². The third-order valence-corrected chi connectivity index (χ3v) is 6.42. The van der Waals surface area contributed by atoms with Crippen molar-refractivity contribution in [3.63, 3.8) is 0 Å². The molecule has 0 bridgehead atoms. The maximum atomic E-state index is 11.9. The van der Waals surface area contributed by atoms with E-state index in [1.807, 2.05) is 21.1 Å². The molecule has 0 rings (SSSR count). The van der Waals surface area contributed by atoms with Gasteiger partial charge in [0.05, 0.1) is 47.1 Å². The Kier molecular flexibility index (Phi) is 20.6. The van der Waals surface area contributed by atoms with Crippen LogP contribution < -0.4 is 0 Å². The first-order chi connectivity index (χ1) is 16.1. The standard InChI is InChI=1S/C25H52NO7P/c1-6-7-8-9-10-11-12-13-14-15-16-17-18-25(30-5)23-31-21-24(27)22-33-34(28,29)32-20-19-26(2,3)4/h16-17,24-25,27H,6-15,18-23H2,1-5H3/p+1/b17-16-/t24-,25?/m1/s1. The predicted molar refractivity (Wildman–Crippen MR) is 138 cm³/mol. The summed E-state index contributed by atoms with van der Waals surface area (Å²) in [5, 5.41) is 9.95. The monoisotopic (exact) mass is 510 g/mol. The quantitative estimate of drug-likeness (QED) is 0.0809. The minimum absolute atomic E-state index is 0.0130.